The number of hydrogen-bond acceptors (Lipinski definition) is 2. The summed E-state index contributed by atoms with van der Waals surface area (Å²) in [5, 5.41) is 8.68. The van der Waals surface area contributed by atoms with Gasteiger partial charge in [-0.25, -0.2) is 4.39 Å². The van der Waals surface area contributed by atoms with Crippen LogP contribution in [0.2, 0.25) is 0 Å². The molecule has 0 aliphatic carbocycles. The third kappa shape index (κ3) is 6.01. The van der Waals surface area contributed by atoms with Crippen molar-refractivity contribution in [2.24, 2.45) is 0 Å². The Morgan fingerprint density at radius 1 is 1.08 bits per heavy atom. The number of nitrogens with zero attached hydrogens (tertiary/aromatic N) is 3. The van der Waals surface area contributed by atoms with E-state index in [1.54, 1.807) is 0 Å². The molecule has 0 saturated heterocycles. The summed E-state index contributed by atoms with van der Waals surface area (Å²) < 4.78 is 12.8. The summed E-state index contributed by atoms with van der Waals surface area (Å²) in [6.45, 7) is 19.1. The van der Waals surface area contributed by atoms with E-state index in [0.717, 1.165) is 11.8 Å². The first-order chi connectivity index (χ1) is 11.5. The van der Waals surface area contributed by atoms with Crippen molar-refractivity contribution < 1.29 is 4.39 Å². The molecule has 0 spiro atoms. The maximum atomic E-state index is 12.8. The van der Waals surface area contributed by atoms with Crippen LogP contribution >= 0.6 is 0 Å². The molecule has 0 bridgehead atoms. The number of rotatable bonds is 0. The van der Waals surface area contributed by atoms with Crippen molar-refractivity contribution in [3.63, 3.8) is 0 Å². The second-order valence-electron chi connectivity index (χ2n) is 7.83. The molecular formula is C21H24FN3. The summed E-state index contributed by atoms with van der Waals surface area (Å²) in [7, 11) is 0. The monoisotopic (exact) mass is 337 g/mol. The fourth-order valence-electron chi connectivity index (χ4n) is 2.13. The molecular weight excluding hydrogens is 313 g/mol. The number of halogens is 1. The first-order valence-corrected chi connectivity index (χ1v) is 8.03. The summed E-state index contributed by atoms with van der Waals surface area (Å²) in [6, 6.07) is 11.3. The van der Waals surface area contributed by atoms with Crippen LogP contribution in [0.3, 0.4) is 0 Å². The van der Waals surface area contributed by atoms with E-state index in [1.165, 1.54) is 11.6 Å². The highest BCUT2D eigenvalue weighted by atomic mass is 19.1. The predicted molar refractivity (Wildman–Crippen MR) is 99.0 cm³/mol. The molecule has 0 aliphatic rings. The highest BCUT2D eigenvalue weighted by Gasteiger charge is 2.19. The molecule has 4 heteroatoms. The van der Waals surface area contributed by atoms with Gasteiger partial charge in [0.2, 0.25) is 0 Å². The molecule has 3 nitrogen and oxygen atoms in total. The lowest BCUT2D eigenvalue weighted by Crippen LogP contribution is -2.12. The van der Waals surface area contributed by atoms with Gasteiger partial charge in [0.15, 0.2) is 12.0 Å². The van der Waals surface area contributed by atoms with Crippen LogP contribution in [0.15, 0.2) is 36.5 Å². The Hall–Kier alpha value is -2.72. The van der Waals surface area contributed by atoms with Gasteiger partial charge in [0.1, 0.15) is 0 Å². The predicted octanol–water partition coefficient (Wildman–Crippen LogP) is 5.92. The Morgan fingerprint density at radius 3 is 2.20 bits per heavy atom. The fraction of sp³-hybridized carbons (Fsp3) is 0.381. The zero-order valence-electron chi connectivity index (χ0n) is 15.7. The van der Waals surface area contributed by atoms with E-state index in [-0.39, 0.29) is 16.6 Å². The topological polar surface area (TPSA) is 41.0 Å². The Balaban J connectivity index is 0.000000251. The van der Waals surface area contributed by atoms with Gasteiger partial charge in [-0.3, -0.25) is 0 Å². The number of aromatic nitrogens is 1. The summed E-state index contributed by atoms with van der Waals surface area (Å²) >= 11 is 0. The van der Waals surface area contributed by atoms with Gasteiger partial charge in [-0.1, -0.05) is 60.2 Å². The minimum absolute atomic E-state index is 0.132. The number of benzene rings is 1. The molecule has 1 aromatic heterocycles. The standard InChI is InChI=1S/C11H13N.C10H11FN2/c1-11(2,3)10-6-4-5-9(7-10)8-12;1-10(2,3)8-5-7(11)6-13-9(8)12-4/h4-7H,1-3H3;5-6H,1-3H3. The lowest BCUT2D eigenvalue weighted by atomic mass is 9.86. The molecule has 0 fully saturated rings. The third-order valence-electron chi connectivity index (χ3n) is 3.60. The Bertz CT molecular complexity index is 813. The number of pyridine rings is 1. The maximum absolute atomic E-state index is 12.8. The van der Waals surface area contributed by atoms with Gasteiger partial charge >= 0.3 is 0 Å². The zero-order valence-corrected chi connectivity index (χ0v) is 15.7. The molecule has 0 amide bonds. The van der Waals surface area contributed by atoms with Gasteiger partial charge in [-0.2, -0.15) is 5.26 Å². The quantitative estimate of drug-likeness (QED) is 0.559. The average molecular weight is 337 g/mol. The molecule has 0 aliphatic heterocycles. The normalized spacial score (nSPS) is 10.9. The van der Waals surface area contributed by atoms with Crippen LogP contribution in [0, 0.1) is 23.7 Å². The van der Waals surface area contributed by atoms with E-state index in [1.807, 2.05) is 39.0 Å². The minimum Gasteiger partial charge on any atom is -0.360 e. The lowest BCUT2D eigenvalue weighted by molar-refractivity contribution is 0.569. The minimum atomic E-state index is -0.391. The molecule has 130 valence electrons. The molecule has 0 unspecified atom stereocenters. The van der Waals surface area contributed by atoms with E-state index in [2.05, 4.69) is 42.7 Å². The lowest BCUT2D eigenvalue weighted by Gasteiger charge is -2.19. The first kappa shape index (κ1) is 20.3. The van der Waals surface area contributed by atoms with Crippen molar-refractivity contribution >= 4 is 5.82 Å². The maximum Gasteiger partial charge on any atom is 0.273 e. The van der Waals surface area contributed by atoms with Crippen molar-refractivity contribution in [3.05, 3.63) is 70.5 Å². The number of hydrogen-bond donors (Lipinski definition) is 0. The largest absolute Gasteiger partial charge is 0.360 e. The van der Waals surface area contributed by atoms with Crippen molar-refractivity contribution in [2.45, 2.75) is 52.4 Å². The number of nitriles is 1. The van der Waals surface area contributed by atoms with E-state index in [0.29, 0.717) is 5.56 Å². The van der Waals surface area contributed by atoms with Crippen molar-refractivity contribution in [3.8, 4) is 6.07 Å². The second kappa shape index (κ2) is 7.90. The van der Waals surface area contributed by atoms with Gasteiger partial charge in [0, 0.05) is 0 Å². The van der Waals surface area contributed by atoms with E-state index in [9.17, 15) is 4.39 Å². The summed E-state index contributed by atoms with van der Waals surface area (Å²) in [5.74, 6) is -0.105. The highest BCUT2D eigenvalue weighted by Crippen LogP contribution is 2.30. The van der Waals surface area contributed by atoms with Crippen LogP contribution in [0.25, 0.3) is 4.85 Å². The molecule has 2 aromatic rings. The van der Waals surface area contributed by atoms with Gasteiger partial charge in [-0.15, -0.1) is 4.98 Å². The van der Waals surface area contributed by atoms with Gasteiger partial charge in [0.25, 0.3) is 5.82 Å². The summed E-state index contributed by atoms with van der Waals surface area (Å²) in [5.41, 5.74) is 2.49. The Kier molecular flexibility index (Phi) is 6.42. The zero-order chi connectivity index (χ0) is 19.3. The SMILES string of the molecule is CC(C)(C)c1cccc(C#N)c1.[C-]#[N+]c1ncc(F)cc1C(C)(C)C. The van der Waals surface area contributed by atoms with Crippen molar-refractivity contribution in [2.75, 3.05) is 0 Å². The third-order valence-corrected chi connectivity index (χ3v) is 3.60. The van der Waals surface area contributed by atoms with Crippen LogP contribution < -0.4 is 0 Å². The van der Waals surface area contributed by atoms with Crippen molar-refractivity contribution in [1.82, 2.24) is 4.98 Å². The van der Waals surface area contributed by atoms with E-state index in [4.69, 9.17) is 11.8 Å². The van der Waals surface area contributed by atoms with Gasteiger partial charge < -0.3 is 4.85 Å². The van der Waals surface area contributed by atoms with Crippen LogP contribution in [0.4, 0.5) is 10.2 Å². The molecule has 25 heavy (non-hydrogen) atoms. The van der Waals surface area contributed by atoms with Crippen LogP contribution in [0.1, 0.15) is 58.2 Å². The molecule has 2 rings (SSSR count). The van der Waals surface area contributed by atoms with Crippen molar-refractivity contribution in [1.29, 1.82) is 5.26 Å². The average Bonchev–Trinajstić information content (AvgIpc) is 2.54. The van der Waals surface area contributed by atoms with Crippen LogP contribution in [-0.2, 0) is 10.8 Å². The van der Waals surface area contributed by atoms with Crippen LogP contribution in [-0.4, -0.2) is 4.98 Å². The Morgan fingerprint density at radius 2 is 1.72 bits per heavy atom. The molecule has 1 heterocycles. The molecule has 0 saturated carbocycles. The van der Waals surface area contributed by atoms with Gasteiger partial charge in [0.05, 0.1) is 11.6 Å². The molecule has 0 N–H and O–H groups in total. The second-order valence-corrected chi connectivity index (χ2v) is 7.83. The van der Waals surface area contributed by atoms with E-state index >= 15 is 0 Å². The molecule has 0 radical (unpaired) electrons. The summed E-state index contributed by atoms with van der Waals surface area (Å²) in [6.07, 6.45) is 1.07. The summed E-state index contributed by atoms with van der Waals surface area (Å²) in [4.78, 5) is 6.98. The van der Waals surface area contributed by atoms with Crippen LogP contribution in [0.5, 0.6) is 0 Å². The van der Waals surface area contributed by atoms with Gasteiger partial charge in [-0.05, 0) is 40.2 Å². The fourth-order valence-corrected chi connectivity index (χ4v) is 2.13. The van der Waals surface area contributed by atoms with E-state index < -0.39 is 5.82 Å². The smallest absolute Gasteiger partial charge is 0.273 e. The molecule has 0 atom stereocenters. The first-order valence-electron chi connectivity index (χ1n) is 8.03. The molecule has 1 aromatic carbocycles. The highest BCUT2D eigenvalue weighted by molar-refractivity contribution is 5.48. The Labute approximate surface area is 150 Å².